The Balaban J connectivity index is 2.26. The standard InChI is InChI=1S/C18H17IO3/c1-3-22-17-12-13(11-15(19)18(17)21-2)9-10-16(20)14-7-5-4-6-8-14/h4-12H,3H2,1-2H3/b10-9+. The Bertz CT molecular complexity index is 678. The van der Waals surface area contributed by atoms with Crippen molar-refractivity contribution in [1.82, 2.24) is 0 Å². The summed E-state index contributed by atoms with van der Waals surface area (Å²) >= 11 is 2.20. The normalized spacial score (nSPS) is 10.7. The van der Waals surface area contributed by atoms with E-state index in [-0.39, 0.29) is 5.78 Å². The molecule has 0 amide bonds. The summed E-state index contributed by atoms with van der Waals surface area (Å²) in [6, 6.07) is 13.0. The summed E-state index contributed by atoms with van der Waals surface area (Å²) < 4.78 is 11.9. The molecule has 0 aliphatic carbocycles. The van der Waals surface area contributed by atoms with Gasteiger partial charge in [-0.3, -0.25) is 4.79 Å². The zero-order valence-corrected chi connectivity index (χ0v) is 14.7. The zero-order chi connectivity index (χ0) is 15.9. The van der Waals surface area contributed by atoms with Crippen LogP contribution in [0.4, 0.5) is 0 Å². The number of carbonyl (C=O) groups excluding carboxylic acids is 1. The van der Waals surface area contributed by atoms with Gasteiger partial charge in [0.25, 0.3) is 0 Å². The van der Waals surface area contributed by atoms with E-state index in [0.29, 0.717) is 23.7 Å². The lowest BCUT2D eigenvalue weighted by atomic mass is 10.1. The first-order chi connectivity index (χ1) is 10.7. The summed E-state index contributed by atoms with van der Waals surface area (Å²) in [5.41, 5.74) is 1.57. The third-order valence-electron chi connectivity index (χ3n) is 3.02. The average molecular weight is 408 g/mol. The van der Waals surface area contributed by atoms with Crippen LogP contribution < -0.4 is 9.47 Å². The fourth-order valence-electron chi connectivity index (χ4n) is 2.02. The first-order valence-corrected chi connectivity index (χ1v) is 8.01. The summed E-state index contributed by atoms with van der Waals surface area (Å²) in [4.78, 5) is 12.1. The fraction of sp³-hybridized carbons (Fsp3) is 0.167. The molecular weight excluding hydrogens is 391 g/mol. The van der Waals surface area contributed by atoms with E-state index in [1.54, 1.807) is 31.4 Å². The van der Waals surface area contributed by atoms with Crippen molar-refractivity contribution in [2.24, 2.45) is 0 Å². The fourth-order valence-corrected chi connectivity index (χ4v) is 2.86. The molecule has 0 aromatic heterocycles. The molecule has 114 valence electrons. The highest BCUT2D eigenvalue weighted by atomic mass is 127. The number of carbonyl (C=O) groups is 1. The maximum Gasteiger partial charge on any atom is 0.185 e. The number of ketones is 1. The lowest BCUT2D eigenvalue weighted by Crippen LogP contribution is -1.98. The van der Waals surface area contributed by atoms with Gasteiger partial charge in [0.15, 0.2) is 17.3 Å². The molecular formula is C18H17IO3. The van der Waals surface area contributed by atoms with E-state index in [4.69, 9.17) is 9.47 Å². The van der Waals surface area contributed by atoms with Gasteiger partial charge in [0.05, 0.1) is 17.3 Å². The third kappa shape index (κ3) is 4.10. The summed E-state index contributed by atoms with van der Waals surface area (Å²) in [5.74, 6) is 1.38. The predicted molar refractivity (Wildman–Crippen MR) is 96.7 cm³/mol. The Morgan fingerprint density at radius 2 is 1.95 bits per heavy atom. The van der Waals surface area contributed by atoms with Crippen LogP contribution in [0.2, 0.25) is 0 Å². The van der Waals surface area contributed by atoms with Crippen molar-refractivity contribution in [3.8, 4) is 11.5 Å². The number of benzene rings is 2. The molecule has 22 heavy (non-hydrogen) atoms. The molecule has 2 aromatic carbocycles. The maximum absolute atomic E-state index is 12.1. The molecule has 0 aliphatic rings. The average Bonchev–Trinajstić information content (AvgIpc) is 2.53. The van der Waals surface area contributed by atoms with E-state index < -0.39 is 0 Å². The van der Waals surface area contributed by atoms with Gasteiger partial charge in [-0.15, -0.1) is 0 Å². The van der Waals surface area contributed by atoms with Crippen LogP contribution in [0.1, 0.15) is 22.8 Å². The first-order valence-electron chi connectivity index (χ1n) is 6.93. The highest BCUT2D eigenvalue weighted by molar-refractivity contribution is 14.1. The molecule has 0 heterocycles. The molecule has 0 N–H and O–H groups in total. The SMILES string of the molecule is CCOc1cc(/C=C/C(=O)c2ccccc2)cc(I)c1OC. The van der Waals surface area contributed by atoms with Crippen LogP contribution >= 0.6 is 22.6 Å². The molecule has 3 nitrogen and oxygen atoms in total. The van der Waals surface area contributed by atoms with Crippen molar-refractivity contribution >= 4 is 34.5 Å². The van der Waals surface area contributed by atoms with Crippen LogP contribution in [0.5, 0.6) is 11.5 Å². The van der Waals surface area contributed by atoms with E-state index in [2.05, 4.69) is 22.6 Å². The number of rotatable bonds is 6. The molecule has 0 spiro atoms. The number of halogens is 1. The van der Waals surface area contributed by atoms with Crippen molar-refractivity contribution in [2.45, 2.75) is 6.92 Å². The maximum atomic E-state index is 12.1. The molecule has 0 atom stereocenters. The quantitative estimate of drug-likeness (QED) is 0.398. The van der Waals surface area contributed by atoms with Crippen LogP contribution in [0.15, 0.2) is 48.5 Å². The second-order valence-electron chi connectivity index (χ2n) is 4.53. The number of allylic oxidation sites excluding steroid dienone is 1. The lowest BCUT2D eigenvalue weighted by Gasteiger charge is -2.12. The second kappa shape index (κ2) is 7.98. The summed E-state index contributed by atoms with van der Waals surface area (Å²) in [6.45, 7) is 2.48. The van der Waals surface area contributed by atoms with Crippen LogP contribution in [-0.2, 0) is 0 Å². The lowest BCUT2D eigenvalue weighted by molar-refractivity contribution is 0.104. The monoisotopic (exact) mass is 408 g/mol. The summed E-state index contributed by atoms with van der Waals surface area (Å²) in [6.07, 6.45) is 3.36. The molecule has 0 radical (unpaired) electrons. The molecule has 0 fully saturated rings. The van der Waals surface area contributed by atoms with E-state index in [0.717, 1.165) is 9.13 Å². The molecule has 0 saturated carbocycles. The van der Waals surface area contributed by atoms with E-state index >= 15 is 0 Å². The number of hydrogen-bond donors (Lipinski definition) is 0. The Morgan fingerprint density at radius 1 is 1.23 bits per heavy atom. The number of methoxy groups -OCH3 is 1. The van der Waals surface area contributed by atoms with Gasteiger partial charge >= 0.3 is 0 Å². The molecule has 0 bridgehead atoms. The highest BCUT2D eigenvalue weighted by Gasteiger charge is 2.10. The Labute approximate surface area is 144 Å². The van der Waals surface area contributed by atoms with Gasteiger partial charge in [0, 0.05) is 5.56 Å². The minimum absolute atomic E-state index is 0.0237. The molecule has 0 aliphatic heterocycles. The van der Waals surface area contributed by atoms with E-state index in [1.165, 1.54) is 0 Å². The minimum atomic E-state index is -0.0237. The Morgan fingerprint density at radius 3 is 2.59 bits per heavy atom. The molecule has 0 saturated heterocycles. The van der Waals surface area contributed by atoms with Crippen LogP contribution in [0, 0.1) is 3.57 Å². The van der Waals surface area contributed by atoms with Crippen molar-refractivity contribution < 1.29 is 14.3 Å². The summed E-state index contributed by atoms with van der Waals surface area (Å²) in [5, 5.41) is 0. The van der Waals surface area contributed by atoms with E-state index in [1.807, 2.05) is 37.3 Å². The number of ether oxygens (including phenoxy) is 2. The van der Waals surface area contributed by atoms with Gasteiger partial charge < -0.3 is 9.47 Å². The smallest absolute Gasteiger partial charge is 0.185 e. The number of hydrogen-bond acceptors (Lipinski definition) is 3. The molecule has 0 unspecified atom stereocenters. The largest absolute Gasteiger partial charge is 0.492 e. The Kier molecular flexibility index (Phi) is 6.00. The van der Waals surface area contributed by atoms with Crippen molar-refractivity contribution in [3.63, 3.8) is 0 Å². The van der Waals surface area contributed by atoms with E-state index in [9.17, 15) is 4.79 Å². The van der Waals surface area contributed by atoms with Crippen molar-refractivity contribution in [1.29, 1.82) is 0 Å². The van der Waals surface area contributed by atoms with Crippen LogP contribution in [0.3, 0.4) is 0 Å². The Hall–Kier alpha value is -1.82. The van der Waals surface area contributed by atoms with Crippen LogP contribution in [0.25, 0.3) is 6.08 Å². The van der Waals surface area contributed by atoms with Gasteiger partial charge in [-0.05, 0) is 53.3 Å². The first kappa shape index (κ1) is 16.5. The van der Waals surface area contributed by atoms with Gasteiger partial charge in [-0.2, -0.15) is 0 Å². The van der Waals surface area contributed by atoms with Gasteiger partial charge in [-0.1, -0.05) is 36.4 Å². The highest BCUT2D eigenvalue weighted by Crippen LogP contribution is 2.34. The second-order valence-corrected chi connectivity index (χ2v) is 5.69. The van der Waals surface area contributed by atoms with Gasteiger partial charge in [0.1, 0.15) is 0 Å². The van der Waals surface area contributed by atoms with Gasteiger partial charge in [-0.25, -0.2) is 0 Å². The topological polar surface area (TPSA) is 35.5 Å². The molecule has 2 rings (SSSR count). The zero-order valence-electron chi connectivity index (χ0n) is 12.5. The van der Waals surface area contributed by atoms with Crippen LogP contribution in [-0.4, -0.2) is 19.5 Å². The molecule has 4 heteroatoms. The third-order valence-corrected chi connectivity index (χ3v) is 3.82. The van der Waals surface area contributed by atoms with Crippen molar-refractivity contribution in [2.75, 3.05) is 13.7 Å². The van der Waals surface area contributed by atoms with Crippen molar-refractivity contribution in [3.05, 3.63) is 63.2 Å². The predicted octanol–water partition coefficient (Wildman–Crippen LogP) is 4.59. The molecule has 2 aromatic rings. The van der Waals surface area contributed by atoms with Gasteiger partial charge in [0.2, 0.25) is 0 Å². The summed E-state index contributed by atoms with van der Waals surface area (Å²) in [7, 11) is 1.62. The minimum Gasteiger partial charge on any atom is -0.492 e.